The Morgan fingerprint density at radius 2 is 1.62 bits per heavy atom. The third kappa shape index (κ3) is 6.63. The van der Waals surface area contributed by atoms with Crippen LogP contribution in [0.25, 0.3) is 0 Å². The number of benzene rings is 2. The monoisotopic (exact) mass is 528 g/mol. The first-order valence-electron chi connectivity index (χ1n) is 13.4. The minimum atomic E-state index is -0.398. The number of hydrogen-bond donors (Lipinski definition) is 0. The van der Waals surface area contributed by atoms with Gasteiger partial charge in [0, 0.05) is 64.3 Å². The van der Waals surface area contributed by atoms with Gasteiger partial charge in [0.05, 0.1) is 16.4 Å². The van der Waals surface area contributed by atoms with Crippen molar-refractivity contribution in [2.75, 3.05) is 49.1 Å². The second-order valence-corrected chi connectivity index (χ2v) is 10.8. The van der Waals surface area contributed by atoms with Crippen molar-refractivity contribution in [3.05, 3.63) is 58.4 Å². The van der Waals surface area contributed by atoms with Gasteiger partial charge < -0.3 is 14.7 Å². The fourth-order valence-corrected chi connectivity index (χ4v) is 5.58. The maximum atomic E-state index is 14.3. The van der Waals surface area contributed by atoms with Crippen molar-refractivity contribution < 1.29 is 14.0 Å². The summed E-state index contributed by atoms with van der Waals surface area (Å²) in [4.78, 5) is 34.6. The summed E-state index contributed by atoms with van der Waals surface area (Å²) < 4.78 is 14.3. The van der Waals surface area contributed by atoms with Crippen LogP contribution >= 0.6 is 11.6 Å². The van der Waals surface area contributed by atoms with E-state index in [0.717, 1.165) is 50.1 Å². The van der Waals surface area contributed by atoms with E-state index in [1.54, 1.807) is 17.0 Å². The lowest BCUT2D eigenvalue weighted by atomic mass is 10.1. The van der Waals surface area contributed by atoms with Gasteiger partial charge in [-0.2, -0.15) is 0 Å². The SMILES string of the molecule is CC(=O)N1CCCN(C(C)C)CCN(C(=O)c2ccc(Cl)c(N3CCCCC3)c2)Cc2ccc(F)cc21. The number of rotatable bonds is 3. The summed E-state index contributed by atoms with van der Waals surface area (Å²) in [6.45, 7) is 10.5. The van der Waals surface area contributed by atoms with Crippen LogP contribution in [0.2, 0.25) is 5.02 Å². The Morgan fingerprint density at radius 1 is 0.865 bits per heavy atom. The number of amides is 2. The van der Waals surface area contributed by atoms with Crippen LogP contribution in [0.1, 0.15) is 62.4 Å². The molecular weight excluding hydrogens is 491 g/mol. The Kier molecular flexibility index (Phi) is 9.08. The molecule has 0 saturated carbocycles. The number of carbonyl (C=O) groups excluding carboxylic acids is 2. The number of carbonyl (C=O) groups is 2. The molecule has 0 bridgehead atoms. The van der Waals surface area contributed by atoms with Crippen molar-refractivity contribution >= 4 is 34.8 Å². The average Bonchev–Trinajstić information content (AvgIpc) is 2.91. The number of halogens is 2. The van der Waals surface area contributed by atoms with Crippen LogP contribution < -0.4 is 9.80 Å². The normalized spacial score (nSPS) is 17.9. The van der Waals surface area contributed by atoms with Crippen molar-refractivity contribution in [2.45, 2.75) is 59.0 Å². The molecule has 1 fully saturated rings. The Balaban J connectivity index is 1.70. The van der Waals surface area contributed by atoms with E-state index in [-0.39, 0.29) is 18.4 Å². The molecule has 0 spiro atoms. The van der Waals surface area contributed by atoms with Crippen LogP contribution in [0.5, 0.6) is 0 Å². The molecule has 0 atom stereocenters. The number of piperidine rings is 1. The van der Waals surface area contributed by atoms with E-state index in [1.807, 2.05) is 17.0 Å². The smallest absolute Gasteiger partial charge is 0.254 e. The molecule has 200 valence electrons. The first kappa shape index (κ1) is 27.4. The molecule has 2 amide bonds. The molecule has 0 N–H and O–H groups in total. The van der Waals surface area contributed by atoms with Crippen LogP contribution in [-0.2, 0) is 11.3 Å². The predicted molar refractivity (Wildman–Crippen MR) is 148 cm³/mol. The molecule has 2 heterocycles. The van der Waals surface area contributed by atoms with Crippen LogP contribution in [0.3, 0.4) is 0 Å². The molecule has 4 rings (SSSR count). The molecule has 1 saturated heterocycles. The fourth-order valence-electron chi connectivity index (χ4n) is 5.34. The summed E-state index contributed by atoms with van der Waals surface area (Å²) in [5.41, 5.74) is 2.78. The quantitative estimate of drug-likeness (QED) is 0.522. The zero-order valence-corrected chi connectivity index (χ0v) is 22.9. The second kappa shape index (κ2) is 12.3. The lowest BCUT2D eigenvalue weighted by Crippen LogP contribution is -2.41. The van der Waals surface area contributed by atoms with Gasteiger partial charge in [-0.15, -0.1) is 0 Å². The predicted octanol–water partition coefficient (Wildman–Crippen LogP) is 5.58. The minimum absolute atomic E-state index is 0.0949. The lowest BCUT2D eigenvalue weighted by molar-refractivity contribution is -0.116. The maximum Gasteiger partial charge on any atom is 0.254 e. The molecule has 8 heteroatoms. The summed E-state index contributed by atoms with van der Waals surface area (Å²) in [5.74, 6) is -0.628. The summed E-state index contributed by atoms with van der Waals surface area (Å²) in [7, 11) is 0. The Labute approximate surface area is 225 Å². The first-order chi connectivity index (χ1) is 17.7. The molecule has 0 radical (unpaired) electrons. The first-order valence-corrected chi connectivity index (χ1v) is 13.8. The summed E-state index contributed by atoms with van der Waals surface area (Å²) >= 11 is 6.56. The molecule has 2 aliphatic heterocycles. The Hall–Kier alpha value is -2.64. The second-order valence-electron chi connectivity index (χ2n) is 10.4. The lowest BCUT2D eigenvalue weighted by Gasteiger charge is -2.31. The van der Waals surface area contributed by atoms with E-state index in [4.69, 9.17) is 11.6 Å². The molecule has 6 nitrogen and oxygen atoms in total. The standard InChI is InChI=1S/C29H38ClFN4O2/c1-21(2)32-14-7-15-35(22(3)36)27-19-25(31)10-8-24(27)20-34(17-16-32)29(37)23-9-11-26(30)28(18-23)33-12-5-4-6-13-33/h8-11,18-19,21H,4-7,12-17,20H2,1-3H3. The van der Waals surface area contributed by atoms with Gasteiger partial charge >= 0.3 is 0 Å². The van der Waals surface area contributed by atoms with Crippen molar-refractivity contribution in [1.29, 1.82) is 0 Å². The van der Waals surface area contributed by atoms with Gasteiger partial charge in [-0.25, -0.2) is 4.39 Å². The molecule has 2 aromatic rings. The summed E-state index contributed by atoms with van der Waals surface area (Å²) in [5, 5.41) is 0.653. The summed E-state index contributed by atoms with van der Waals surface area (Å²) in [6, 6.07) is 10.3. The highest BCUT2D eigenvalue weighted by Crippen LogP contribution is 2.31. The van der Waals surface area contributed by atoms with E-state index in [0.29, 0.717) is 41.9 Å². The van der Waals surface area contributed by atoms with Gasteiger partial charge in [0.1, 0.15) is 5.82 Å². The molecule has 37 heavy (non-hydrogen) atoms. The molecule has 0 unspecified atom stereocenters. The van der Waals surface area contributed by atoms with Crippen LogP contribution in [0.15, 0.2) is 36.4 Å². The van der Waals surface area contributed by atoms with E-state index in [9.17, 15) is 14.0 Å². The Morgan fingerprint density at radius 3 is 2.32 bits per heavy atom. The highest BCUT2D eigenvalue weighted by Gasteiger charge is 2.25. The zero-order valence-electron chi connectivity index (χ0n) is 22.2. The van der Waals surface area contributed by atoms with Crippen molar-refractivity contribution in [2.24, 2.45) is 0 Å². The van der Waals surface area contributed by atoms with Crippen LogP contribution in [0, 0.1) is 5.82 Å². The van der Waals surface area contributed by atoms with Gasteiger partial charge in [-0.3, -0.25) is 14.5 Å². The van der Waals surface area contributed by atoms with Crippen LogP contribution in [-0.4, -0.2) is 66.9 Å². The van der Waals surface area contributed by atoms with Crippen molar-refractivity contribution in [3.8, 4) is 0 Å². The zero-order chi connectivity index (χ0) is 26.5. The van der Waals surface area contributed by atoms with Crippen LogP contribution in [0.4, 0.5) is 15.8 Å². The molecule has 2 aromatic carbocycles. The molecule has 0 aromatic heterocycles. The van der Waals surface area contributed by atoms with E-state index < -0.39 is 5.82 Å². The third-order valence-corrected chi connectivity index (χ3v) is 7.79. The highest BCUT2D eigenvalue weighted by atomic mass is 35.5. The highest BCUT2D eigenvalue weighted by molar-refractivity contribution is 6.33. The Bertz CT molecular complexity index is 1120. The van der Waals surface area contributed by atoms with E-state index >= 15 is 0 Å². The summed E-state index contributed by atoms with van der Waals surface area (Å²) in [6.07, 6.45) is 4.21. The minimum Gasteiger partial charge on any atom is -0.370 e. The fraction of sp³-hybridized carbons (Fsp3) is 0.517. The van der Waals surface area contributed by atoms with Gasteiger partial charge in [0.25, 0.3) is 5.91 Å². The average molecular weight is 529 g/mol. The number of fused-ring (bicyclic) bond motifs is 1. The maximum absolute atomic E-state index is 14.3. The number of anilines is 2. The van der Waals surface area contributed by atoms with Gasteiger partial charge in [-0.1, -0.05) is 17.7 Å². The molecule has 2 aliphatic rings. The van der Waals surface area contributed by atoms with E-state index in [1.165, 1.54) is 25.5 Å². The van der Waals surface area contributed by atoms with Gasteiger partial charge in [0.15, 0.2) is 0 Å². The topological polar surface area (TPSA) is 47.1 Å². The molecular formula is C29H38ClFN4O2. The van der Waals surface area contributed by atoms with Crippen molar-refractivity contribution in [1.82, 2.24) is 9.80 Å². The molecule has 0 aliphatic carbocycles. The van der Waals surface area contributed by atoms with Gasteiger partial charge in [-0.05, 0) is 75.4 Å². The number of hydrogen-bond acceptors (Lipinski definition) is 4. The van der Waals surface area contributed by atoms with Crippen molar-refractivity contribution in [3.63, 3.8) is 0 Å². The van der Waals surface area contributed by atoms with Gasteiger partial charge in [0.2, 0.25) is 5.91 Å². The van der Waals surface area contributed by atoms with E-state index in [2.05, 4.69) is 23.6 Å². The third-order valence-electron chi connectivity index (χ3n) is 7.47. The largest absolute Gasteiger partial charge is 0.370 e. The number of nitrogens with zero attached hydrogens (tertiary/aromatic N) is 4.